The Balaban J connectivity index is 0.000000197. The number of nitrogens with zero attached hydrogens (tertiary/aromatic N) is 4. The van der Waals surface area contributed by atoms with E-state index in [1.807, 2.05) is 54.7 Å². The molecule has 6 nitrogen and oxygen atoms in total. The molecule has 136 valence electrons. The van der Waals surface area contributed by atoms with Crippen molar-refractivity contribution in [3.05, 3.63) is 72.2 Å². The van der Waals surface area contributed by atoms with E-state index >= 15 is 0 Å². The van der Waals surface area contributed by atoms with Gasteiger partial charge in [0, 0.05) is 18.2 Å². The van der Waals surface area contributed by atoms with E-state index in [2.05, 4.69) is 26.4 Å². The Morgan fingerprint density at radius 3 is 2.78 bits per heavy atom. The van der Waals surface area contributed by atoms with Crippen molar-refractivity contribution in [2.45, 2.75) is 25.9 Å². The zero-order chi connectivity index (χ0) is 19.1. The molecule has 1 atom stereocenters. The summed E-state index contributed by atoms with van der Waals surface area (Å²) in [5.41, 5.74) is 3.90. The number of aromatic amines is 1. The van der Waals surface area contributed by atoms with Gasteiger partial charge in [-0.1, -0.05) is 35.5 Å². The summed E-state index contributed by atoms with van der Waals surface area (Å²) in [7, 11) is 0. The second-order valence-electron chi connectivity index (χ2n) is 6.22. The summed E-state index contributed by atoms with van der Waals surface area (Å²) in [4.78, 5) is 0. The van der Waals surface area contributed by atoms with Crippen LogP contribution in [-0.2, 0) is 12.8 Å². The highest BCUT2D eigenvalue weighted by atomic mass is 16.3. The molecule has 6 heteroatoms. The molecule has 4 aromatic rings. The topological polar surface area (TPSA) is 79.6 Å². The summed E-state index contributed by atoms with van der Waals surface area (Å²) in [5.74, 6) is 2.58. The summed E-state index contributed by atoms with van der Waals surface area (Å²) >= 11 is 0. The Morgan fingerprint density at radius 2 is 2.04 bits per heavy atom. The van der Waals surface area contributed by atoms with Gasteiger partial charge in [-0.15, -0.1) is 17.4 Å². The van der Waals surface area contributed by atoms with Gasteiger partial charge < -0.3 is 5.11 Å². The Hall–Kier alpha value is -3.43. The van der Waals surface area contributed by atoms with Crippen LogP contribution in [0, 0.1) is 12.3 Å². The molecule has 2 aromatic carbocycles. The Kier molecular flexibility index (Phi) is 5.98. The van der Waals surface area contributed by atoms with E-state index in [0.717, 1.165) is 28.7 Å². The minimum Gasteiger partial charge on any atom is -0.393 e. The Labute approximate surface area is 157 Å². The number of aliphatic hydroxyl groups is 1. The molecule has 0 aliphatic heterocycles. The lowest BCUT2D eigenvalue weighted by Crippen LogP contribution is -2.04. The maximum absolute atomic E-state index is 9.31. The summed E-state index contributed by atoms with van der Waals surface area (Å²) < 4.78 is 1.70. The van der Waals surface area contributed by atoms with Crippen molar-refractivity contribution in [3.63, 3.8) is 0 Å². The summed E-state index contributed by atoms with van der Waals surface area (Å²) in [5, 5.41) is 25.3. The van der Waals surface area contributed by atoms with E-state index in [-0.39, 0.29) is 0 Å². The van der Waals surface area contributed by atoms with Gasteiger partial charge in [0.15, 0.2) is 0 Å². The van der Waals surface area contributed by atoms with E-state index in [4.69, 9.17) is 6.42 Å². The first-order valence-electron chi connectivity index (χ1n) is 8.66. The van der Waals surface area contributed by atoms with Crippen LogP contribution < -0.4 is 0 Å². The number of nitrogens with one attached hydrogen (secondary N) is 1. The van der Waals surface area contributed by atoms with Crippen LogP contribution in [0.2, 0.25) is 0 Å². The fraction of sp³-hybridized carbons (Fsp3) is 0.190. The van der Waals surface area contributed by atoms with Crippen molar-refractivity contribution in [2.75, 3.05) is 0 Å². The van der Waals surface area contributed by atoms with E-state index in [1.165, 1.54) is 5.56 Å². The molecular formula is C21H21N5O. The van der Waals surface area contributed by atoms with Gasteiger partial charge in [-0.05, 0) is 30.7 Å². The number of terminal acetylenes is 1. The zero-order valence-corrected chi connectivity index (χ0v) is 15.1. The number of aliphatic hydroxyl groups excluding tert-OH is 1. The maximum Gasteiger partial charge on any atom is 0.0857 e. The molecule has 0 aliphatic rings. The quantitative estimate of drug-likeness (QED) is 0.549. The molecule has 0 spiro atoms. The smallest absolute Gasteiger partial charge is 0.0857 e. The lowest BCUT2D eigenvalue weighted by atomic mass is 10.2. The predicted octanol–water partition coefficient (Wildman–Crippen LogP) is 2.93. The second-order valence-corrected chi connectivity index (χ2v) is 6.22. The van der Waals surface area contributed by atoms with Crippen LogP contribution in [0.25, 0.3) is 16.6 Å². The largest absolute Gasteiger partial charge is 0.393 e. The van der Waals surface area contributed by atoms with Crippen LogP contribution in [0.5, 0.6) is 0 Å². The van der Waals surface area contributed by atoms with Crippen molar-refractivity contribution in [3.8, 4) is 18.0 Å². The molecule has 2 heterocycles. The lowest BCUT2D eigenvalue weighted by molar-refractivity contribution is 0.194. The summed E-state index contributed by atoms with van der Waals surface area (Å²) in [6.07, 6.45) is 9.54. The summed E-state index contributed by atoms with van der Waals surface area (Å²) in [6.45, 7) is 1.73. The molecule has 2 N–H and O–H groups in total. The highest BCUT2D eigenvalue weighted by molar-refractivity contribution is 5.80. The van der Waals surface area contributed by atoms with E-state index < -0.39 is 6.10 Å². The first kappa shape index (κ1) is 18.4. The fourth-order valence-corrected chi connectivity index (χ4v) is 2.61. The monoisotopic (exact) mass is 359 g/mol. The third kappa shape index (κ3) is 5.03. The third-order valence-corrected chi connectivity index (χ3v) is 3.88. The molecular weight excluding hydrogens is 338 g/mol. The van der Waals surface area contributed by atoms with Gasteiger partial charge in [-0.25, -0.2) is 4.68 Å². The van der Waals surface area contributed by atoms with Gasteiger partial charge in [-0.3, -0.25) is 5.10 Å². The third-order valence-electron chi connectivity index (χ3n) is 3.88. The van der Waals surface area contributed by atoms with Gasteiger partial charge in [0.1, 0.15) is 0 Å². The molecule has 1 unspecified atom stereocenters. The number of hydrogen-bond donors (Lipinski definition) is 2. The van der Waals surface area contributed by atoms with Gasteiger partial charge in [0.25, 0.3) is 0 Å². The molecule has 0 radical (unpaired) electrons. The normalized spacial score (nSPS) is 11.4. The SMILES string of the molecule is C#CCc1ccccc1.CC(O)Cc1cn(-c2ccc3[nH]ncc3c2)nn1. The van der Waals surface area contributed by atoms with Crippen molar-refractivity contribution in [1.29, 1.82) is 0 Å². The first-order chi connectivity index (χ1) is 13.2. The molecule has 0 fully saturated rings. The summed E-state index contributed by atoms with van der Waals surface area (Å²) in [6, 6.07) is 15.9. The van der Waals surface area contributed by atoms with Crippen LogP contribution in [0.1, 0.15) is 18.2 Å². The maximum atomic E-state index is 9.31. The van der Waals surface area contributed by atoms with Gasteiger partial charge in [0.2, 0.25) is 0 Å². The fourth-order valence-electron chi connectivity index (χ4n) is 2.61. The molecule has 0 amide bonds. The Morgan fingerprint density at radius 1 is 1.22 bits per heavy atom. The Bertz CT molecular complexity index is 1030. The number of H-pyrrole nitrogens is 1. The highest BCUT2D eigenvalue weighted by Crippen LogP contribution is 2.15. The van der Waals surface area contributed by atoms with Crippen LogP contribution in [0.15, 0.2) is 60.9 Å². The molecule has 0 saturated heterocycles. The van der Waals surface area contributed by atoms with Crippen molar-refractivity contribution in [1.82, 2.24) is 25.2 Å². The molecule has 0 bridgehead atoms. The number of rotatable bonds is 4. The first-order valence-corrected chi connectivity index (χ1v) is 8.66. The number of hydrogen-bond acceptors (Lipinski definition) is 4. The molecule has 0 saturated carbocycles. The van der Waals surface area contributed by atoms with Gasteiger partial charge >= 0.3 is 0 Å². The average molecular weight is 359 g/mol. The highest BCUT2D eigenvalue weighted by Gasteiger charge is 2.06. The van der Waals surface area contributed by atoms with Crippen LogP contribution in [0.4, 0.5) is 0 Å². The van der Waals surface area contributed by atoms with E-state index in [1.54, 1.807) is 17.8 Å². The van der Waals surface area contributed by atoms with Gasteiger partial charge in [0.05, 0.1) is 35.4 Å². The molecule has 27 heavy (non-hydrogen) atoms. The average Bonchev–Trinajstić information content (AvgIpc) is 3.31. The standard InChI is InChI=1S/C12H13N5O.C9H8/c1-8(18)4-10-7-17(16-14-10)11-2-3-12-9(5-11)6-13-15-12;1-2-6-9-7-4-3-5-8-9/h2-3,5-8,18H,4H2,1H3,(H,13,15);1,3-5,7-8H,6H2. The van der Waals surface area contributed by atoms with Crippen molar-refractivity contribution < 1.29 is 5.11 Å². The lowest BCUT2D eigenvalue weighted by Gasteiger charge is -2.00. The van der Waals surface area contributed by atoms with Crippen LogP contribution >= 0.6 is 0 Å². The number of aromatic nitrogens is 5. The molecule has 4 rings (SSSR count). The van der Waals surface area contributed by atoms with Crippen LogP contribution in [-0.4, -0.2) is 36.4 Å². The van der Waals surface area contributed by atoms with E-state index in [0.29, 0.717) is 6.42 Å². The van der Waals surface area contributed by atoms with Crippen molar-refractivity contribution in [2.24, 2.45) is 0 Å². The van der Waals surface area contributed by atoms with Gasteiger partial charge in [-0.2, -0.15) is 5.10 Å². The number of fused-ring (bicyclic) bond motifs is 1. The second kappa shape index (κ2) is 8.79. The number of benzene rings is 2. The molecule has 2 aromatic heterocycles. The minimum atomic E-state index is -0.411. The predicted molar refractivity (Wildman–Crippen MR) is 105 cm³/mol. The minimum absolute atomic E-state index is 0.411. The zero-order valence-electron chi connectivity index (χ0n) is 15.1. The van der Waals surface area contributed by atoms with Crippen LogP contribution in [0.3, 0.4) is 0 Å². The molecule has 0 aliphatic carbocycles. The van der Waals surface area contributed by atoms with Crippen molar-refractivity contribution >= 4 is 10.9 Å². The van der Waals surface area contributed by atoms with E-state index in [9.17, 15) is 5.11 Å².